The summed E-state index contributed by atoms with van der Waals surface area (Å²) in [5.74, 6) is 0. The molecule has 0 aromatic carbocycles. The molecule has 1 fully saturated rings. The average molecular weight is 227 g/mol. The van der Waals surface area contributed by atoms with E-state index in [1.807, 2.05) is 12.3 Å². The van der Waals surface area contributed by atoms with Gasteiger partial charge in [-0.05, 0) is 40.9 Å². The van der Waals surface area contributed by atoms with Crippen molar-refractivity contribution in [3.8, 4) is 0 Å². The van der Waals surface area contributed by atoms with E-state index >= 15 is 0 Å². The first kappa shape index (κ1) is 8.20. The molecule has 1 aliphatic carbocycles. The van der Waals surface area contributed by atoms with Crippen LogP contribution in [0.3, 0.4) is 0 Å². The number of hydrogen-bond acceptors (Lipinski definition) is 2. The SMILES string of the molecule is NCC1(c2ccc(Br)cn2)CC1. The fraction of sp³-hybridized carbons (Fsp3) is 0.444. The van der Waals surface area contributed by atoms with E-state index in [-0.39, 0.29) is 5.41 Å². The maximum atomic E-state index is 5.69. The van der Waals surface area contributed by atoms with Gasteiger partial charge >= 0.3 is 0 Å². The Morgan fingerprint density at radius 3 is 2.67 bits per heavy atom. The molecule has 0 unspecified atom stereocenters. The molecule has 2 N–H and O–H groups in total. The van der Waals surface area contributed by atoms with Gasteiger partial charge in [0.1, 0.15) is 0 Å². The second-order valence-corrected chi connectivity index (χ2v) is 4.26. The van der Waals surface area contributed by atoms with Gasteiger partial charge in [0, 0.05) is 28.3 Å². The Bertz CT molecular complexity index is 277. The minimum atomic E-state index is 0.223. The standard InChI is InChI=1S/C9H11BrN2/c10-7-1-2-8(12-5-7)9(6-11)3-4-9/h1-2,5H,3-4,6,11H2. The normalized spacial score (nSPS) is 19.2. The van der Waals surface area contributed by atoms with Crippen molar-refractivity contribution in [3.05, 3.63) is 28.5 Å². The molecule has 2 rings (SSSR count). The van der Waals surface area contributed by atoms with Crippen LogP contribution in [0, 0.1) is 0 Å². The molecule has 1 aliphatic rings. The van der Waals surface area contributed by atoms with Gasteiger partial charge in [0.2, 0.25) is 0 Å². The zero-order valence-electron chi connectivity index (χ0n) is 6.76. The highest BCUT2D eigenvalue weighted by molar-refractivity contribution is 9.10. The summed E-state index contributed by atoms with van der Waals surface area (Å²) in [6, 6.07) is 4.09. The van der Waals surface area contributed by atoms with E-state index < -0.39 is 0 Å². The monoisotopic (exact) mass is 226 g/mol. The molecule has 0 saturated heterocycles. The summed E-state index contributed by atoms with van der Waals surface area (Å²) in [4.78, 5) is 4.36. The van der Waals surface area contributed by atoms with Gasteiger partial charge < -0.3 is 5.73 Å². The maximum absolute atomic E-state index is 5.69. The molecule has 0 aliphatic heterocycles. The lowest BCUT2D eigenvalue weighted by molar-refractivity contribution is 0.678. The Hall–Kier alpha value is -0.410. The van der Waals surface area contributed by atoms with Crippen LogP contribution in [0.2, 0.25) is 0 Å². The van der Waals surface area contributed by atoms with Crippen LogP contribution in [0.4, 0.5) is 0 Å². The van der Waals surface area contributed by atoms with Crippen molar-refractivity contribution in [3.63, 3.8) is 0 Å². The second kappa shape index (κ2) is 2.82. The molecule has 12 heavy (non-hydrogen) atoms. The molecule has 3 heteroatoms. The van der Waals surface area contributed by atoms with Crippen molar-refractivity contribution in [1.82, 2.24) is 4.98 Å². The summed E-state index contributed by atoms with van der Waals surface area (Å²) in [6.45, 7) is 0.724. The van der Waals surface area contributed by atoms with Crippen LogP contribution >= 0.6 is 15.9 Å². The number of hydrogen-bond donors (Lipinski definition) is 1. The van der Waals surface area contributed by atoms with E-state index in [1.54, 1.807) is 0 Å². The molecular weight excluding hydrogens is 216 g/mol. The number of nitrogens with zero attached hydrogens (tertiary/aromatic N) is 1. The van der Waals surface area contributed by atoms with Crippen molar-refractivity contribution < 1.29 is 0 Å². The van der Waals surface area contributed by atoms with Gasteiger partial charge in [-0.2, -0.15) is 0 Å². The Kier molecular flexibility index (Phi) is 1.93. The van der Waals surface area contributed by atoms with Crippen LogP contribution in [-0.4, -0.2) is 11.5 Å². The minimum Gasteiger partial charge on any atom is -0.330 e. The Morgan fingerprint density at radius 1 is 1.50 bits per heavy atom. The van der Waals surface area contributed by atoms with E-state index in [0.29, 0.717) is 0 Å². The molecule has 0 spiro atoms. The largest absolute Gasteiger partial charge is 0.330 e. The molecule has 64 valence electrons. The summed E-state index contributed by atoms with van der Waals surface area (Å²) >= 11 is 3.36. The molecule has 2 nitrogen and oxygen atoms in total. The predicted octanol–water partition coefficient (Wildman–Crippen LogP) is 1.83. The van der Waals surface area contributed by atoms with E-state index in [9.17, 15) is 0 Å². The third-order valence-electron chi connectivity index (χ3n) is 2.52. The first-order chi connectivity index (χ1) is 5.77. The summed E-state index contributed by atoms with van der Waals surface area (Å²) < 4.78 is 1.03. The molecule has 1 saturated carbocycles. The topological polar surface area (TPSA) is 38.9 Å². The lowest BCUT2D eigenvalue weighted by Gasteiger charge is -2.10. The van der Waals surface area contributed by atoms with Gasteiger partial charge in [0.15, 0.2) is 0 Å². The van der Waals surface area contributed by atoms with Gasteiger partial charge in [0.05, 0.1) is 0 Å². The Labute approximate surface area is 80.3 Å². The zero-order chi connectivity index (χ0) is 8.60. The van der Waals surface area contributed by atoms with Gasteiger partial charge in [0.25, 0.3) is 0 Å². The highest BCUT2D eigenvalue weighted by Gasteiger charge is 2.43. The van der Waals surface area contributed by atoms with Gasteiger partial charge in [-0.1, -0.05) is 0 Å². The van der Waals surface area contributed by atoms with Crippen molar-refractivity contribution in [2.45, 2.75) is 18.3 Å². The summed E-state index contributed by atoms with van der Waals surface area (Å²) in [7, 11) is 0. The van der Waals surface area contributed by atoms with Crippen LogP contribution in [0.1, 0.15) is 18.5 Å². The minimum absolute atomic E-state index is 0.223. The van der Waals surface area contributed by atoms with Gasteiger partial charge in [-0.25, -0.2) is 0 Å². The molecule has 1 aromatic rings. The number of halogens is 1. The highest BCUT2D eigenvalue weighted by atomic mass is 79.9. The fourth-order valence-corrected chi connectivity index (χ4v) is 1.64. The number of rotatable bonds is 2. The third-order valence-corrected chi connectivity index (χ3v) is 2.98. The van der Waals surface area contributed by atoms with Crippen LogP contribution in [0.15, 0.2) is 22.8 Å². The van der Waals surface area contributed by atoms with Crippen LogP contribution in [0.25, 0.3) is 0 Å². The quantitative estimate of drug-likeness (QED) is 0.837. The van der Waals surface area contributed by atoms with Gasteiger partial charge in [-0.3, -0.25) is 4.98 Å². The van der Waals surface area contributed by atoms with Crippen LogP contribution in [0.5, 0.6) is 0 Å². The van der Waals surface area contributed by atoms with E-state index in [1.165, 1.54) is 12.8 Å². The highest BCUT2D eigenvalue weighted by Crippen LogP contribution is 2.46. The molecule has 1 aromatic heterocycles. The number of aromatic nitrogens is 1. The fourth-order valence-electron chi connectivity index (χ4n) is 1.41. The van der Waals surface area contributed by atoms with Crippen molar-refractivity contribution >= 4 is 15.9 Å². The Morgan fingerprint density at radius 2 is 2.25 bits per heavy atom. The van der Waals surface area contributed by atoms with Crippen LogP contribution in [-0.2, 0) is 5.41 Å². The van der Waals surface area contributed by atoms with Crippen molar-refractivity contribution in [2.75, 3.05) is 6.54 Å². The lowest BCUT2D eigenvalue weighted by atomic mass is 10.0. The van der Waals surface area contributed by atoms with Crippen molar-refractivity contribution in [1.29, 1.82) is 0 Å². The van der Waals surface area contributed by atoms with E-state index in [0.717, 1.165) is 16.7 Å². The zero-order valence-corrected chi connectivity index (χ0v) is 8.34. The summed E-state index contributed by atoms with van der Waals surface area (Å²) in [5, 5.41) is 0. The molecule has 1 heterocycles. The first-order valence-electron chi connectivity index (χ1n) is 4.09. The number of pyridine rings is 1. The lowest BCUT2D eigenvalue weighted by Crippen LogP contribution is -2.20. The molecule has 0 radical (unpaired) electrons. The Balaban J connectivity index is 2.29. The predicted molar refractivity (Wildman–Crippen MR) is 51.9 cm³/mol. The number of nitrogens with two attached hydrogens (primary N) is 1. The third kappa shape index (κ3) is 1.27. The maximum Gasteiger partial charge on any atom is 0.0478 e. The molecule has 0 bridgehead atoms. The summed E-state index contributed by atoms with van der Waals surface area (Å²) in [5.41, 5.74) is 7.06. The molecule has 0 atom stereocenters. The average Bonchev–Trinajstić information content (AvgIpc) is 2.86. The van der Waals surface area contributed by atoms with Crippen molar-refractivity contribution in [2.24, 2.45) is 5.73 Å². The smallest absolute Gasteiger partial charge is 0.0478 e. The summed E-state index contributed by atoms with van der Waals surface area (Å²) in [6.07, 6.45) is 4.22. The second-order valence-electron chi connectivity index (χ2n) is 3.35. The van der Waals surface area contributed by atoms with E-state index in [4.69, 9.17) is 5.73 Å². The molecule has 0 amide bonds. The van der Waals surface area contributed by atoms with E-state index in [2.05, 4.69) is 27.0 Å². The first-order valence-corrected chi connectivity index (χ1v) is 4.88. The van der Waals surface area contributed by atoms with Gasteiger partial charge in [-0.15, -0.1) is 0 Å². The van der Waals surface area contributed by atoms with Crippen LogP contribution < -0.4 is 5.73 Å². The molecular formula is C9H11BrN2.